The lowest BCUT2D eigenvalue weighted by Crippen LogP contribution is -2.41. The van der Waals surface area contributed by atoms with Gasteiger partial charge in [-0.05, 0) is 39.2 Å². The lowest BCUT2D eigenvalue weighted by atomic mass is 9.83. The summed E-state index contributed by atoms with van der Waals surface area (Å²) in [4.78, 5) is 4.54. The molecule has 2 aliphatic heterocycles. The Labute approximate surface area is 101 Å². The highest BCUT2D eigenvalue weighted by Crippen LogP contribution is 2.32. The molecule has 17 heavy (non-hydrogen) atoms. The van der Waals surface area contributed by atoms with E-state index in [2.05, 4.69) is 22.4 Å². The van der Waals surface area contributed by atoms with E-state index in [0.717, 1.165) is 57.1 Å². The van der Waals surface area contributed by atoms with Gasteiger partial charge in [-0.1, -0.05) is 5.16 Å². The summed E-state index contributed by atoms with van der Waals surface area (Å²) in [6.45, 7) is 5.00. The first-order chi connectivity index (χ1) is 8.28. The van der Waals surface area contributed by atoms with E-state index in [0.29, 0.717) is 0 Å². The first kappa shape index (κ1) is 11.2. The van der Waals surface area contributed by atoms with Crippen molar-refractivity contribution in [1.82, 2.24) is 15.5 Å². The van der Waals surface area contributed by atoms with Crippen LogP contribution in [0.15, 0.2) is 4.52 Å². The number of rotatable bonds is 2. The Hall–Kier alpha value is -0.940. The van der Waals surface area contributed by atoms with E-state index in [-0.39, 0.29) is 11.5 Å². The molecular weight excluding hydrogens is 218 g/mol. The average Bonchev–Trinajstić information content (AvgIpc) is 3.01. The van der Waals surface area contributed by atoms with Crippen molar-refractivity contribution in [2.75, 3.05) is 19.7 Å². The molecule has 1 aromatic rings. The third-order valence-corrected chi connectivity index (χ3v) is 3.77. The smallest absolute Gasteiger partial charge is 0.233 e. The Balaban J connectivity index is 1.78. The minimum Gasteiger partial charge on any atom is -0.370 e. The van der Waals surface area contributed by atoms with Gasteiger partial charge in [-0.25, -0.2) is 0 Å². The van der Waals surface area contributed by atoms with Crippen molar-refractivity contribution in [3.05, 3.63) is 11.7 Å². The van der Waals surface area contributed by atoms with Gasteiger partial charge in [0.15, 0.2) is 0 Å². The summed E-state index contributed by atoms with van der Waals surface area (Å²) in [6, 6.07) is 0. The van der Waals surface area contributed by atoms with E-state index >= 15 is 0 Å². The monoisotopic (exact) mass is 237 g/mol. The maximum Gasteiger partial charge on any atom is 0.233 e. The predicted molar refractivity (Wildman–Crippen MR) is 61.7 cm³/mol. The number of ether oxygens (including phenoxy) is 1. The molecule has 2 saturated heterocycles. The van der Waals surface area contributed by atoms with Crippen LogP contribution >= 0.6 is 0 Å². The van der Waals surface area contributed by atoms with E-state index in [1.807, 2.05) is 0 Å². The summed E-state index contributed by atoms with van der Waals surface area (Å²) in [5.74, 6) is 1.49. The molecule has 1 N–H and O–H groups in total. The van der Waals surface area contributed by atoms with Gasteiger partial charge >= 0.3 is 0 Å². The predicted octanol–water partition coefficient (Wildman–Crippen LogP) is 1.56. The fourth-order valence-corrected chi connectivity index (χ4v) is 2.63. The molecule has 5 nitrogen and oxygen atoms in total. The minimum atomic E-state index is -0.0118. The van der Waals surface area contributed by atoms with Gasteiger partial charge in [0.2, 0.25) is 11.7 Å². The largest absolute Gasteiger partial charge is 0.370 e. The van der Waals surface area contributed by atoms with Crippen LogP contribution in [0.5, 0.6) is 0 Å². The second-order valence-electron chi connectivity index (χ2n) is 5.30. The molecule has 0 radical (unpaired) electrons. The SMILES string of the molecule is CC1(c2nc(C3CCCO3)no2)CCCNC1. The summed E-state index contributed by atoms with van der Waals surface area (Å²) in [7, 11) is 0. The third kappa shape index (κ3) is 2.09. The molecule has 3 heterocycles. The van der Waals surface area contributed by atoms with Crippen molar-refractivity contribution in [2.24, 2.45) is 0 Å². The number of hydrogen-bond donors (Lipinski definition) is 1. The van der Waals surface area contributed by atoms with Crippen molar-refractivity contribution in [3.63, 3.8) is 0 Å². The van der Waals surface area contributed by atoms with Crippen LogP contribution in [0.25, 0.3) is 0 Å². The number of hydrogen-bond acceptors (Lipinski definition) is 5. The van der Waals surface area contributed by atoms with Gasteiger partial charge in [-0.3, -0.25) is 0 Å². The van der Waals surface area contributed by atoms with Crippen LogP contribution in [-0.2, 0) is 10.2 Å². The van der Waals surface area contributed by atoms with E-state index in [1.54, 1.807) is 0 Å². The first-order valence-electron chi connectivity index (χ1n) is 6.44. The number of nitrogens with one attached hydrogen (secondary N) is 1. The van der Waals surface area contributed by atoms with Gasteiger partial charge < -0.3 is 14.6 Å². The fourth-order valence-electron chi connectivity index (χ4n) is 2.63. The molecule has 5 heteroatoms. The molecule has 94 valence electrons. The average molecular weight is 237 g/mol. The van der Waals surface area contributed by atoms with Crippen molar-refractivity contribution in [1.29, 1.82) is 0 Å². The molecule has 0 aliphatic carbocycles. The zero-order valence-corrected chi connectivity index (χ0v) is 10.2. The number of piperidine rings is 1. The maximum absolute atomic E-state index is 5.57. The van der Waals surface area contributed by atoms with Gasteiger partial charge in [0.05, 0.1) is 5.41 Å². The molecule has 0 bridgehead atoms. The Morgan fingerprint density at radius 2 is 2.35 bits per heavy atom. The van der Waals surface area contributed by atoms with E-state index in [9.17, 15) is 0 Å². The highest BCUT2D eigenvalue weighted by Gasteiger charge is 2.35. The van der Waals surface area contributed by atoms with Crippen LogP contribution < -0.4 is 5.32 Å². The molecule has 1 aromatic heterocycles. The first-order valence-corrected chi connectivity index (χ1v) is 6.44. The minimum absolute atomic E-state index is 0.0118. The summed E-state index contributed by atoms with van der Waals surface area (Å²) in [6.07, 6.45) is 4.41. The fraction of sp³-hybridized carbons (Fsp3) is 0.833. The van der Waals surface area contributed by atoms with Crippen LogP contribution in [0.1, 0.15) is 50.4 Å². The lowest BCUT2D eigenvalue weighted by Gasteiger charge is -2.30. The van der Waals surface area contributed by atoms with Gasteiger partial charge in [0.1, 0.15) is 6.10 Å². The number of nitrogens with zero attached hydrogens (tertiary/aromatic N) is 2. The highest BCUT2D eigenvalue weighted by molar-refractivity contribution is 5.07. The topological polar surface area (TPSA) is 60.2 Å². The Morgan fingerprint density at radius 1 is 1.41 bits per heavy atom. The Bertz CT molecular complexity index is 379. The molecule has 0 spiro atoms. The van der Waals surface area contributed by atoms with Crippen LogP contribution in [-0.4, -0.2) is 29.8 Å². The highest BCUT2D eigenvalue weighted by atomic mass is 16.5. The summed E-state index contributed by atoms with van der Waals surface area (Å²) in [5, 5.41) is 7.47. The van der Waals surface area contributed by atoms with Crippen LogP contribution in [0.2, 0.25) is 0 Å². The van der Waals surface area contributed by atoms with Crippen molar-refractivity contribution in [2.45, 2.75) is 44.1 Å². The van der Waals surface area contributed by atoms with Crippen molar-refractivity contribution in [3.8, 4) is 0 Å². The molecule has 2 unspecified atom stereocenters. The van der Waals surface area contributed by atoms with E-state index < -0.39 is 0 Å². The lowest BCUT2D eigenvalue weighted by molar-refractivity contribution is 0.103. The van der Waals surface area contributed by atoms with Crippen LogP contribution in [0.3, 0.4) is 0 Å². The zero-order valence-electron chi connectivity index (χ0n) is 10.2. The van der Waals surface area contributed by atoms with Gasteiger partial charge in [-0.2, -0.15) is 4.98 Å². The Morgan fingerprint density at radius 3 is 3.06 bits per heavy atom. The second kappa shape index (κ2) is 4.38. The molecule has 2 fully saturated rings. The van der Waals surface area contributed by atoms with Gasteiger partial charge in [-0.15, -0.1) is 0 Å². The normalized spacial score (nSPS) is 34.1. The molecule has 2 atom stereocenters. The van der Waals surface area contributed by atoms with Gasteiger partial charge in [0.25, 0.3) is 0 Å². The third-order valence-electron chi connectivity index (χ3n) is 3.77. The molecule has 3 rings (SSSR count). The summed E-state index contributed by atoms with van der Waals surface area (Å²) >= 11 is 0. The standard InChI is InChI=1S/C12H19N3O2/c1-12(5-3-6-13-8-12)11-14-10(15-17-11)9-4-2-7-16-9/h9,13H,2-8H2,1H3. The zero-order chi connectivity index (χ0) is 11.7. The molecule has 0 saturated carbocycles. The van der Waals surface area contributed by atoms with Crippen molar-refractivity contribution >= 4 is 0 Å². The second-order valence-corrected chi connectivity index (χ2v) is 5.30. The van der Waals surface area contributed by atoms with Crippen LogP contribution in [0.4, 0.5) is 0 Å². The Kier molecular flexibility index (Phi) is 2.88. The quantitative estimate of drug-likeness (QED) is 0.846. The van der Waals surface area contributed by atoms with E-state index in [4.69, 9.17) is 9.26 Å². The van der Waals surface area contributed by atoms with E-state index in [1.165, 1.54) is 0 Å². The summed E-state index contributed by atoms with van der Waals surface area (Å²) in [5.41, 5.74) is -0.0118. The van der Waals surface area contributed by atoms with Crippen LogP contribution in [0, 0.1) is 0 Å². The molecular formula is C12H19N3O2. The number of aromatic nitrogens is 2. The molecule has 0 aromatic carbocycles. The maximum atomic E-state index is 5.57. The van der Waals surface area contributed by atoms with Gasteiger partial charge in [0, 0.05) is 13.2 Å². The molecule has 2 aliphatic rings. The summed E-state index contributed by atoms with van der Waals surface area (Å²) < 4.78 is 11.0. The van der Waals surface area contributed by atoms with Crippen molar-refractivity contribution < 1.29 is 9.26 Å². The molecule has 0 amide bonds.